The van der Waals surface area contributed by atoms with Gasteiger partial charge in [-0.25, -0.2) is 0 Å². The van der Waals surface area contributed by atoms with E-state index in [4.69, 9.17) is 0 Å². The second kappa shape index (κ2) is 9.28. The van der Waals surface area contributed by atoms with Gasteiger partial charge in [0, 0.05) is 18.6 Å². The van der Waals surface area contributed by atoms with Gasteiger partial charge in [-0.1, -0.05) is 37.3 Å². The minimum Gasteiger partial charge on any atom is -0.354 e. The van der Waals surface area contributed by atoms with Crippen molar-refractivity contribution in [2.45, 2.75) is 52.1 Å². The molecule has 2 rings (SSSR count). The van der Waals surface area contributed by atoms with E-state index >= 15 is 0 Å². The monoisotopic (exact) mass is 401 g/mol. The fourth-order valence-corrected chi connectivity index (χ4v) is 2.32. The zero-order chi connectivity index (χ0) is 14.4. The summed E-state index contributed by atoms with van der Waals surface area (Å²) in [7, 11) is 0. The van der Waals surface area contributed by atoms with Crippen molar-refractivity contribution in [1.29, 1.82) is 0 Å². The number of guanidine groups is 1. The summed E-state index contributed by atoms with van der Waals surface area (Å²) < 4.78 is 0. The third-order valence-electron chi connectivity index (χ3n) is 3.84. The summed E-state index contributed by atoms with van der Waals surface area (Å²) in [5.74, 6) is 1.76. The van der Waals surface area contributed by atoms with Crippen LogP contribution in [0.1, 0.15) is 39.2 Å². The molecule has 1 fully saturated rings. The molecule has 0 saturated heterocycles. The molecule has 3 atom stereocenters. The standard InChI is InChI=1S/C17H27N3.HI/c1-4-18-17(20-16-12-13(16)2)19-14(3)10-11-15-8-6-5-7-9-15;/h5-9,13-14,16H,4,10-12H2,1-3H3,(H2,18,19,20);1H. The van der Waals surface area contributed by atoms with E-state index in [2.05, 4.69) is 66.7 Å². The molecule has 0 radical (unpaired) electrons. The number of hydrogen-bond donors (Lipinski definition) is 2. The van der Waals surface area contributed by atoms with Gasteiger partial charge >= 0.3 is 0 Å². The molecule has 2 N–H and O–H groups in total. The maximum Gasteiger partial charge on any atom is 0.191 e. The molecule has 1 aliphatic rings. The SMILES string of the molecule is CCN=C(NC(C)CCc1ccccc1)NC1CC1C.I. The number of hydrogen-bond acceptors (Lipinski definition) is 1. The van der Waals surface area contributed by atoms with Crippen molar-refractivity contribution < 1.29 is 0 Å². The minimum absolute atomic E-state index is 0. The molecule has 1 aromatic carbocycles. The van der Waals surface area contributed by atoms with Crippen LogP contribution in [0.5, 0.6) is 0 Å². The summed E-state index contributed by atoms with van der Waals surface area (Å²) in [6, 6.07) is 11.7. The summed E-state index contributed by atoms with van der Waals surface area (Å²) in [4.78, 5) is 4.53. The van der Waals surface area contributed by atoms with Crippen LogP contribution in [0.3, 0.4) is 0 Å². The largest absolute Gasteiger partial charge is 0.354 e. The van der Waals surface area contributed by atoms with Crippen LogP contribution in [0.4, 0.5) is 0 Å². The van der Waals surface area contributed by atoms with Gasteiger partial charge in [0.2, 0.25) is 0 Å². The van der Waals surface area contributed by atoms with Crippen LogP contribution >= 0.6 is 24.0 Å². The van der Waals surface area contributed by atoms with Gasteiger partial charge in [-0.05, 0) is 44.6 Å². The first-order valence-corrected chi connectivity index (χ1v) is 7.80. The van der Waals surface area contributed by atoms with Crippen LogP contribution in [0.15, 0.2) is 35.3 Å². The van der Waals surface area contributed by atoms with Crippen molar-refractivity contribution in [2.24, 2.45) is 10.9 Å². The lowest BCUT2D eigenvalue weighted by atomic mass is 10.1. The van der Waals surface area contributed by atoms with E-state index in [1.807, 2.05) is 0 Å². The Morgan fingerprint density at radius 3 is 2.57 bits per heavy atom. The predicted octanol–water partition coefficient (Wildman–Crippen LogP) is 3.59. The van der Waals surface area contributed by atoms with Gasteiger partial charge in [-0.2, -0.15) is 0 Å². The number of aliphatic imine (C=N–C) groups is 1. The maximum absolute atomic E-state index is 4.53. The zero-order valence-corrected chi connectivity index (χ0v) is 15.6. The van der Waals surface area contributed by atoms with Gasteiger partial charge in [0.1, 0.15) is 0 Å². The minimum atomic E-state index is 0. The van der Waals surface area contributed by atoms with Gasteiger partial charge < -0.3 is 10.6 Å². The molecule has 0 spiro atoms. The molecule has 118 valence electrons. The molecule has 0 bridgehead atoms. The molecule has 21 heavy (non-hydrogen) atoms. The molecular weight excluding hydrogens is 373 g/mol. The number of halogens is 1. The third-order valence-corrected chi connectivity index (χ3v) is 3.84. The summed E-state index contributed by atoms with van der Waals surface area (Å²) in [6.07, 6.45) is 3.49. The predicted molar refractivity (Wildman–Crippen MR) is 101 cm³/mol. The van der Waals surface area contributed by atoms with Crippen molar-refractivity contribution >= 4 is 29.9 Å². The van der Waals surface area contributed by atoms with E-state index in [0.29, 0.717) is 12.1 Å². The molecule has 0 aromatic heterocycles. The normalized spacial score (nSPS) is 22.1. The Labute approximate surface area is 146 Å². The van der Waals surface area contributed by atoms with Crippen LogP contribution in [0.2, 0.25) is 0 Å². The highest BCUT2D eigenvalue weighted by Gasteiger charge is 2.33. The molecule has 0 aliphatic heterocycles. The van der Waals surface area contributed by atoms with Crippen LogP contribution in [0, 0.1) is 5.92 Å². The smallest absolute Gasteiger partial charge is 0.191 e. The summed E-state index contributed by atoms with van der Waals surface area (Å²) in [5.41, 5.74) is 1.40. The summed E-state index contributed by atoms with van der Waals surface area (Å²) in [6.45, 7) is 7.41. The quantitative estimate of drug-likeness (QED) is 0.434. The van der Waals surface area contributed by atoms with Gasteiger partial charge in [0.25, 0.3) is 0 Å². The van der Waals surface area contributed by atoms with E-state index in [0.717, 1.165) is 31.3 Å². The number of nitrogens with zero attached hydrogens (tertiary/aromatic N) is 1. The average molecular weight is 401 g/mol. The second-order valence-corrected chi connectivity index (χ2v) is 5.86. The number of benzene rings is 1. The number of nitrogens with one attached hydrogen (secondary N) is 2. The first kappa shape index (κ1) is 18.3. The van der Waals surface area contributed by atoms with Crippen molar-refractivity contribution in [2.75, 3.05) is 6.54 Å². The zero-order valence-electron chi connectivity index (χ0n) is 13.3. The van der Waals surface area contributed by atoms with Crippen molar-refractivity contribution in [1.82, 2.24) is 10.6 Å². The van der Waals surface area contributed by atoms with Crippen molar-refractivity contribution in [3.05, 3.63) is 35.9 Å². The fourth-order valence-electron chi connectivity index (χ4n) is 2.32. The Morgan fingerprint density at radius 1 is 1.33 bits per heavy atom. The third kappa shape index (κ3) is 6.68. The molecule has 1 aliphatic carbocycles. The molecule has 0 amide bonds. The lowest BCUT2D eigenvalue weighted by Gasteiger charge is -2.18. The van der Waals surface area contributed by atoms with Crippen LogP contribution < -0.4 is 10.6 Å². The molecule has 4 heteroatoms. The first-order valence-electron chi connectivity index (χ1n) is 7.80. The summed E-state index contributed by atoms with van der Waals surface area (Å²) >= 11 is 0. The van der Waals surface area contributed by atoms with Crippen LogP contribution in [0.25, 0.3) is 0 Å². The Bertz CT molecular complexity index is 433. The highest BCUT2D eigenvalue weighted by molar-refractivity contribution is 14.0. The maximum atomic E-state index is 4.53. The Morgan fingerprint density at radius 2 is 2.00 bits per heavy atom. The summed E-state index contributed by atoms with van der Waals surface area (Å²) in [5, 5.41) is 7.03. The van der Waals surface area contributed by atoms with E-state index in [-0.39, 0.29) is 24.0 Å². The Balaban J connectivity index is 0.00000220. The van der Waals surface area contributed by atoms with E-state index in [1.54, 1.807) is 0 Å². The highest BCUT2D eigenvalue weighted by atomic mass is 127. The number of aryl methyl sites for hydroxylation is 1. The molecule has 3 unspecified atom stereocenters. The lowest BCUT2D eigenvalue weighted by Crippen LogP contribution is -2.43. The molecular formula is C17H28IN3. The number of rotatable bonds is 6. The van der Waals surface area contributed by atoms with Crippen molar-refractivity contribution in [3.8, 4) is 0 Å². The van der Waals surface area contributed by atoms with Gasteiger partial charge in [-0.3, -0.25) is 4.99 Å². The topological polar surface area (TPSA) is 36.4 Å². The van der Waals surface area contributed by atoms with Gasteiger partial charge in [0.05, 0.1) is 0 Å². The van der Waals surface area contributed by atoms with Crippen LogP contribution in [-0.4, -0.2) is 24.6 Å². The molecule has 1 saturated carbocycles. The molecule has 3 nitrogen and oxygen atoms in total. The first-order chi connectivity index (χ1) is 9.69. The second-order valence-electron chi connectivity index (χ2n) is 5.86. The van der Waals surface area contributed by atoms with Gasteiger partial charge in [-0.15, -0.1) is 24.0 Å². The average Bonchev–Trinajstić information content (AvgIpc) is 3.13. The molecule has 1 aromatic rings. The van der Waals surface area contributed by atoms with E-state index in [9.17, 15) is 0 Å². The van der Waals surface area contributed by atoms with Crippen molar-refractivity contribution in [3.63, 3.8) is 0 Å². The highest BCUT2D eigenvalue weighted by Crippen LogP contribution is 2.28. The fraction of sp³-hybridized carbons (Fsp3) is 0.588. The Hall–Kier alpha value is -0.780. The Kier molecular flexibility index (Phi) is 8.07. The van der Waals surface area contributed by atoms with Crippen LogP contribution in [-0.2, 0) is 6.42 Å². The van der Waals surface area contributed by atoms with E-state index < -0.39 is 0 Å². The van der Waals surface area contributed by atoms with Gasteiger partial charge in [0.15, 0.2) is 5.96 Å². The lowest BCUT2D eigenvalue weighted by molar-refractivity contribution is 0.589. The van der Waals surface area contributed by atoms with E-state index in [1.165, 1.54) is 12.0 Å². The molecule has 0 heterocycles.